The van der Waals surface area contributed by atoms with Crippen molar-refractivity contribution in [2.24, 2.45) is 7.05 Å². The van der Waals surface area contributed by atoms with Crippen molar-refractivity contribution in [2.75, 3.05) is 7.05 Å². The fourth-order valence-corrected chi connectivity index (χ4v) is 2.58. The Balaban J connectivity index is 2.18. The summed E-state index contributed by atoms with van der Waals surface area (Å²) in [5.41, 5.74) is 2.66. The molecule has 0 saturated heterocycles. The molecule has 1 aromatic heterocycles. The Kier molecular flexibility index (Phi) is 3.86. The van der Waals surface area contributed by atoms with Crippen LogP contribution in [-0.2, 0) is 13.6 Å². The maximum Gasteiger partial charge on any atom is 0.172 e. The molecule has 0 atom stereocenters. The summed E-state index contributed by atoms with van der Waals surface area (Å²) in [7, 11) is 3.98. The molecule has 0 unspecified atom stereocenters. The van der Waals surface area contributed by atoms with Crippen LogP contribution in [0.1, 0.15) is 11.1 Å². The molecule has 1 heterocycles. The number of nitrogens with zero attached hydrogens (tertiary/aromatic N) is 2. The van der Waals surface area contributed by atoms with Gasteiger partial charge in [-0.1, -0.05) is 17.8 Å². The maximum atomic E-state index is 4.31. The Labute approximate surface area is 106 Å². The van der Waals surface area contributed by atoms with Crippen molar-refractivity contribution >= 4 is 11.8 Å². The van der Waals surface area contributed by atoms with Gasteiger partial charge < -0.3 is 9.88 Å². The van der Waals surface area contributed by atoms with E-state index in [0.29, 0.717) is 0 Å². The van der Waals surface area contributed by atoms with E-state index in [-0.39, 0.29) is 0 Å². The number of hydrogen-bond donors (Lipinski definition) is 1. The van der Waals surface area contributed by atoms with Gasteiger partial charge in [-0.05, 0) is 37.2 Å². The Morgan fingerprint density at radius 2 is 2.24 bits per heavy atom. The molecule has 0 radical (unpaired) electrons. The van der Waals surface area contributed by atoms with E-state index in [1.165, 1.54) is 16.0 Å². The van der Waals surface area contributed by atoms with E-state index in [0.717, 1.165) is 11.7 Å². The van der Waals surface area contributed by atoms with Crippen molar-refractivity contribution in [2.45, 2.75) is 23.5 Å². The highest BCUT2D eigenvalue weighted by atomic mass is 32.2. The van der Waals surface area contributed by atoms with E-state index in [1.54, 1.807) is 11.8 Å². The molecular formula is C13H17N3S. The van der Waals surface area contributed by atoms with Gasteiger partial charge in [0.05, 0.1) is 0 Å². The zero-order chi connectivity index (χ0) is 12.3. The number of nitrogens with one attached hydrogen (secondary N) is 1. The third kappa shape index (κ3) is 2.90. The summed E-state index contributed by atoms with van der Waals surface area (Å²) in [6.07, 6.45) is 3.79. The van der Waals surface area contributed by atoms with Crippen molar-refractivity contribution in [3.05, 3.63) is 41.7 Å². The number of rotatable bonds is 4. The lowest BCUT2D eigenvalue weighted by Crippen LogP contribution is -2.06. The molecule has 2 rings (SSSR count). The minimum atomic E-state index is 0.916. The minimum absolute atomic E-state index is 0.916. The van der Waals surface area contributed by atoms with Crippen molar-refractivity contribution in [3.8, 4) is 0 Å². The fourth-order valence-electron chi connectivity index (χ4n) is 1.68. The highest BCUT2D eigenvalue weighted by molar-refractivity contribution is 7.99. The zero-order valence-corrected chi connectivity index (χ0v) is 11.2. The maximum absolute atomic E-state index is 4.31. The predicted molar refractivity (Wildman–Crippen MR) is 71.3 cm³/mol. The predicted octanol–water partition coefficient (Wildman–Crippen LogP) is 2.60. The van der Waals surface area contributed by atoms with Crippen molar-refractivity contribution in [3.63, 3.8) is 0 Å². The van der Waals surface area contributed by atoms with Gasteiger partial charge in [0, 0.05) is 30.9 Å². The first kappa shape index (κ1) is 12.2. The lowest BCUT2D eigenvalue weighted by Gasteiger charge is -2.07. The monoisotopic (exact) mass is 247 g/mol. The summed E-state index contributed by atoms with van der Waals surface area (Å²) in [6.45, 7) is 3.06. The number of benzene rings is 1. The number of aromatic nitrogens is 2. The van der Waals surface area contributed by atoms with Crippen LogP contribution in [0.4, 0.5) is 0 Å². The highest BCUT2D eigenvalue weighted by Gasteiger charge is 2.04. The molecule has 0 saturated carbocycles. The second-order valence-corrected chi connectivity index (χ2v) is 5.08. The Bertz CT molecular complexity index is 505. The van der Waals surface area contributed by atoms with E-state index >= 15 is 0 Å². The number of aryl methyl sites for hydroxylation is 2. The quantitative estimate of drug-likeness (QED) is 0.900. The van der Waals surface area contributed by atoms with Crippen LogP contribution in [0.5, 0.6) is 0 Å². The first-order valence-corrected chi connectivity index (χ1v) is 6.41. The molecule has 3 nitrogen and oxygen atoms in total. The molecule has 0 bridgehead atoms. The number of imidazole rings is 1. The van der Waals surface area contributed by atoms with Crippen molar-refractivity contribution < 1.29 is 0 Å². The number of hydrogen-bond acceptors (Lipinski definition) is 3. The summed E-state index contributed by atoms with van der Waals surface area (Å²) in [5.74, 6) is 0. The van der Waals surface area contributed by atoms with Gasteiger partial charge in [-0.2, -0.15) is 0 Å². The zero-order valence-electron chi connectivity index (χ0n) is 10.4. The molecule has 0 aliphatic rings. The second kappa shape index (κ2) is 5.38. The van der Waals surface area contributed by atoms with E-state index in [9.17, 15) is 0 Å². The topological polar surface area (TPSA) is 29.9 Å². The van der Waals surface area contributed by atoms with Gasteiger partial charge in [-0.15, -0.1) is 0 Å². The molecule has 0 fully saturated rings. The van der Waals surface area contributed by atoms with Crippen LogP contribution >= 0.6 is 11.8 Å². The van der Waals surface area contributed by atoms with Gasteiger partial charge in [0.1, 0.15) is 0 Å². The van der Waals surface area contributed by atoms with Gasteiger partial charge in [0.25, 0.3) is 0 Å². The van der Waals surface area contributed by atoms with Gasteiger partial charge in [-0.25, -0.2) is 4.98 Å². The molecule has 2 aromatic rings. The Morgan fingerprint density at radius 1 is 1.41 bits per heavy atom. The van der Waals surface area contributed by atoms with Gasteiger partial charge >= 0.3 is 0 Å². The molecule has 0 spiro atoms. The molecule has 1 aromatic carbocycles. The van der Waals surface area contributed by atoms with Crippen LogP contribution in [0.2, 0.25) is 0 Å². The Morgan fingerprint density at radius 3 is 2.82 bits per heavy atom. The van der Waals surface area contributed by atoms with Gasteiger partial charge in [-0.3, -0.25) is 0 Å². The lowest BCUT2D eigenvalue weighted by atomic mass is 10.1. The van der Waals surface area contributed by atoms with Crippen LogP contribution in [0.3, 0.4) is 0 Å². The molecule has 1 N–H and O–H groups in total. The normalized spacial score (nSPS) is 10.8. The standard InChI is InChI=1S/C13H17N3S/c1-10-8-12(5-4-11(10)9-14-2)17-13-15-6-7-16(13)3/h4-8,14H,9H2,1-3H3. The molecule has 0 amide bonds. The molecule has 4 heteroatoms. The van der Waals surface area contributed by atoms with E-state index in [2.05, 4.69) is 35.4 Å². The summed E-state index contributed by atoms with van der Waals surface area (Å²) >= 11 is 1.69. The van der Waals surface area contributed by atoms with E-state index in [1.807, 2.05) is 31.1 Å². The van der Waals surface area contributed by atoms with Crippen LogP contribution < -0.4 is 5.32 Å². The van der Waals surface area contributed by atoms with E-state index in [4.69, 9.17) is 0 Å². The molecular weight excluding hydrogens is 230 g/mol. The molecule has 17 heavy (non-hydrogen) atoms. The van der Waals surface area contributed by atoms with Crippen LogP contribution in [0, 0.1) is 6.92 Å². The second-order valence-electron chi connectivity index (χ2n) is 4.04. The highest BCUT2D eigenvalue weighted by Crippen LogP contribution is 2.27. The summed E-state index contributed by atoms with van der Waals surface area (Å²) in [6, 6.07) is 6.54. The largest absolute Gasteiger partial charge is 0.329 e. The third-order valence-electron chi connectivity index (χ3n) is 2.67. The lowest BCUT2D eigenvalue weighted by molar-refractivity contribution is 0.789. The molecule has 0 aliphatic carbocycles. The van der Waals surface area contributed by atoms with Crippen LogP contribution in [0.25, 0.3) is 0 Å². The van der Waals surface area contributed by atoms with Gasteiger partial charge in [0.2, 0.25) is 0 Å². The minimum Gasteiger partial charge on any atom is -0.329 e. The summed E-state index contributed by atoms with van der Waals surface area (Å²) in [5, 5.41) is 4.19. The third-order valence-corrected chi connectivity index (χ3v) is 3.73. The first-order valence-electron chi connectivity index (χ1n) is 5.60. The van der Waals surface area contributed by atoms with Gasteiger partial charge in [0.15, 0.2) is 5.16 Å². The smallest absolute Gasteiger partial charge is 0.172 e. The average molecular weight is 247 g/mol. The molecule has 90 valence electrons. The van der Waals surface area contributed by atoms with Crippen molar-refractivity contribution in [1.29, 1.82) is 0 Å². The molecule has 0 aliphatic heterocycles. The SMILES string of the molecule is CNCc1ccc(Sc2nccn2C)cc1C. The Hall–Kier alpha value is -1.26. The average Bonchev–Trinajstić information content (AvgIpc) is 2.69. The summed E-state index contributed by atoms with van der Waals surface area (Å²) in [4.78, 5) is 5.55. The first-order chi connectivity index (χ1) is 8.20. The van der Waals surface area contributed by atoms with Crippen LogP contribution in [-0.4, -0.2) is 16.6 Å². The van der Waals surface area contributed by atoms with E-state index < -0.39 is 0 Å². The van der Waals surface area contributed by atoms with Crippen molar-refractivity contribution in [1.82, 2.24) is 14.9 Å². The summed E-state index contributed by atoms with van der Waals surface area (Å²) < 4.78 is 2.03. The fraction of sp³-hybridized carbons (Fsp3) is 0.308. The van der Waals surface area contributed by atoms with Crippen LogP contribution in [0.15, 0.2) is 40.6 Å².